The fraction of sp³-hybridized carbons (Fsp3) is 0.333. The van der Waals surface area contributed by atoms with Gasteiger partial charge in [0.15, 0.2) is 11.6 Å². The second-order valence-electron chi connectivity index (χ2n) is 4.62. The molecule has 1 aromatic heterocycles. The Hall–Kier alpha value is -2.17. The Morgan fingerprint density at radius 2 is 2.05 bits per heavy atom. The summed E-state index contributed by atoms with van der Waals surface area (Å²) in [5, 5.41) is 3.19. The van der Waals surface area contributed by atoms with Gasteiger partial charge in [-0.15, -0.1) is 0 Å². The molecule has 0 amide bonds. The number of benzene rings is 1. The maximum Gasteiger partial charge on any atom is 0.227 e. The third-order valence-corrected chi connectivity index (χ3v) is 2.87. The molecule has 2 aromatic rings. The van der Waals surface area contributed by atoms with E-state index in [4.69, 9.17) is 4.74 Å². The molecule has 1 N–H and O–H groups in total. The summed E-state index contributed by atoms with van der Waals surface area (Å²) < 4.78 is 19.3. The molecule has 0 saturated heterocycles. The highest BCUT2D eigenvalue weighted by molar-refractivity contribution is 5.48. The standard InChI is InChI=1S/C15H18FN3O/c1-4-7-17-14-11(3)15(19-9-18-14)20-13-8-10(2)5-6-12(13)16/h5-6,8-9H,4,7H2,1-3H3,(H,17,18,19). The lowest BCUT2D eigenvalue weighted by Crippen LogP contribution is -2.05. The first-order valence-electron chi connectivity index (χ1n) is 6.61. The van der Waals surface area contributed by atoms with Crippen LogP contribution in [0.5, 0.6) is 11.6 Å². The number of hydrogen-bond donors (Lipinski definition) is 1. The Morgan fingerprint density at radius 1 is 1.25 bits per heavy atom. The summed E-state index contributed by atoms with van der Waals surface area (Å²) in [5.74, 6) is 0.845. The molecule has 106 valence electrons. The van der Waals surface area contributed by atoms with E-state index in [-0.39, 0.29) is 5.75 Å². The molecule has 0 aliphatic carbocycles. The number of aryl methyl sites for hydroxylation is 1. The highest BCUT2D eigenvalue weighted by atomic mass is 19.1. The van der Waals surface area contributed by atoms with E-state index in [1.807, 2.05) is 13.8 Å². The van der Waals surface area contributed by atoms with Gasteiger partial charge in [0.1, 0.15) is 12.1 Å². The quantitative estimate of drug-likeness (QED) is 0.900. The zero-order chi connectivity index (χ0) is 14.5. The van der Waals surface area contributed by atoms with E-state index in [1.54, 1.807) is 12.1 Å². The summed E-state index contributed by atoms with van der Waals surface area (Å²) in [6, 6.07) is 4.73. The van der Waals surface area contributed by atoms with Crippen molar-refractivity contribution < 1.29 is 9.13 Å². The lowest BCUT2D eigenvalue weighted by atomic mass is 10.2. The van der Waals surface area contributed by atoms with E-state index in [2.05, 4.69) is 22.2 Å². The van der Waals surface area contributed by atoms with Crippen molar-refractivity contribution in [2.45, 2.75) is 27.2 Å². The van der Waals surface area contributed by atoms with E-state index in [1.165, 1.54) is 12.4 Å². The van der Waals surface area contributed by atoms with Gasteiger partial charge in [-0.25, -0.2) is 14.4 Å². The van der Waals surface area contributed by atoms with E-state index in [9.17, 15) is 4.39 Å². The van der Waals surface area contributed by atoms with Crippen LogP contribution in [0.1, 0.15) is 24.5 Å². The van der Waals surface area contributed by atoms with E-state index in [0.29, 0.717) is 11.7 Å². The van der Waals surface area contributed by atoms with Crippen molar-refractivity contribution in [1.82, 2.24) is 9.97 Å². The largest absolute Gasteiger partial charge is 0.435 e. The number of nitrogens with one attached hydrogen (secondary N) is 1. The fourth-order valence-electron chi connectivity index (χ4n) is 1.75. The molecule has 0 spiro atoms. The molecule has 5 heteroatoms. The Balaban J connectivity index is 2.27. The number of ether oxygens (including phenoxy) is 1. The summed E-state index contributed by atoms with van der Waals surface area (Å²) in [5.41, 5.74) is 1.69. The predicted octanol–water partition coefficient (Wildman–Crippen LogP) is 3.85. The number of aromatic nitrogens is 2. The molecule has 0 unspecified atom stereocenters. The van der Waals surface area contributed by atoms with Crippen molar-refractivity contribution >= 4 is 5.82 Å². The summed E-state index contributed by atoms with van der Waals surface area (Å²) in [6.45, 7) is 6.62. The zero-order valence-electron chi connectivity index (χ0n) is 11.9. The van der Waals surface area contributed by atoms with Crippen molar-refractivity contribution in [2.75, 3.05) is 11.9 Å². The van der Waals surface area contributed by atoms with Crippen LogP contribution >= 0.6 is 0 Å². The zero-order valence-corrected chi connectivity index (χ0v) is 11.9. The molecule has 0 saturated carbocycles. The number of rotatable bonds is 5. The minimum Gasteiger partial charge on any atom is -0.435 e. The molecule has 1 heterocycles. The van der Waals surface area contributed by atoms with Gasteiger partial charge in [0.2, 0.25) is 5.88 Å². The third-order valence-electron chi connectivity index (χ3n) is 2.87. The number of nitrogens with zero attached hydrogens (tertiary/aromatic N) is 2. The van der Waals surface area contributed by atoms with Crippen LogP contribution in [0.15, 0.2) is 24.5 Å². The van der Waals surface area contributed by atoms with Crippen molar-refractivity contribution in [3.05, 3.63) is 41.5 Å². The average Bonchev–Trinajstić information content (AvgIpc) is 2.44. The number of halogens is 1. The third kappa shape index (κ3) is 3.23. The molecule has 0 fully saturated rings. The molecule has 4 nitrogen and oxygen atoms in total. The van der Waals surface area contributed by atoms with Crippen molar-refractivity contribution in [3.8, 4) is 11.6 Å². The lowest BCUT2D eigenvalue weighted by molar-refractivity contribution is 0.423. The van der Waals surface area contributed by atoms with E-state index >= 15 is 0 Å². The first kappa shape index (κ1) is 14.2. The van der Waals surface area contributed by atoms with Crippen molar-refractivity contribution in [3.63, 3.8) is 0 Å². The molecular formula is C15H18FN3O. The molecule has 0 radical (unpaired) electrons. The van der Waals surface area contributed by atoms with Gasteiger partial charge >= 0.3 is 0 Å². The van der Waals surface area contributed by atoms with Crippen LogP contribution in [-0.2, 0) is 0 Å². The molecule has 0 atom stereocenters. The lowest BCUT2D eigenvalue weighted by Gasteiger charge is -2.12. The molecular weight excluding hydrogens is 257 g/mol. The van der Waals surface area contributed by atoms with Crippen LogP contribution in [0.2, 0.25) is 0 Å². The van der Waals surface area contributed by atoms with Crippen LogP contribution in [0.3, 0.4) is 0 Å². The summed E-state index contributed by atoms with van der Waals surface area (Å²) in [6.07, 6.45) is 2.40. The SMILES string of the molecule is CCCNc1ncnc(Oc2cc(C)ccc2F)c1C. The van der Waals surface area contributed by atoms with Crippen LogP contribution in [0.25, 0.3) is 0 Å². The van der Waals surface area contributed by atoms with Crippen LogP contribution < -0.4 is 10.1 Å². The molecule has 1 aromatic carbocycles. The smallest absolute Gasteiger partial charge is 0.227 e. The molecule has 0 aliphatic heterocycles. The summed E-state index contributed by atoms with van der Waals surface area (Å²) in [4.78, 5) is 8.24. The second kappa shape index (κ2) is 6.32. The van der Waals surface area contributed by atoms with Gasteiger partial charge < -0.3 is 10.1 Å². The van der Waals surface area contributed by atoms with Gasteiger partial charge in [-0.05, 0) is 38.0 Å². The normalized spacial score (nSPS) is 10.4. The summed E-state index contributed by atoms with van der Waals surface area (Å²) >= 11 is 0. The van der Waals surface area contributed by atoms with Crippen molar-refractivity contribution in [2.24, 2.45) is 0 Å². The first-order valence-corrected chi connectivity index (χ1v) is 6.61. The van der Waals surface area contributed by atoms with Gasteiger partial charge in [0.05, 0.1) is 5.56 Å². The Morgan fingerprint density at radius 3 is 2.80 bits per heavy atom. The van der Waals surface area contributed by atoms with E-state index in [0.717, 1.165) is 24.1 Å². The fourth-order valence-corrected chi connectivity index (χ4v) is 1.75. The monoisotopic (exact) mass is 275 g/mol. The predicted molar refractivity (Wildman–Crippen MR) is 76.8 cm³/mol. The average molecular weight is 275 g/mol. The van der Waals surface area contributed by atoms with Gasteiger partial charge in [-0.3, -0.25) is 0 Å². The minimum absolute atomic E-state index is 0.174. The van der Waals surface area contributed by atoms with Crippen LogP contribution in [0.4, 0.5) is 10.2 Å². The van der Waals surface area contributed by atoms with Gasteiger partial charge in [-0.1, -0.05) is 13.0 Å². The molecule has 0 aliphatic rings. The highest BCUT2D eigenvalue weighted by Gasteiger charge is 2.11. The summed E-state index contributed by atoms with van der Waals surface area (Å²) in [7, 11) is 0. The Labute approximate surface area is 118 Å². The second-order valence-corrected chi connectivity index (χ2v) is 4.62. The van der Waals surface area contributed by atoms with Gasteiger partial charge in [-0.2, -0.15) is 0 Å². The van der Waals surface area contributed by atoms with Crippen molar-refractivity contribution in [1.29, 1.82) is 0 Å². The molecule has 20 heavy (non-hydrogen) atoms. The Kier molecular flexibility index (Phi) is 4.50. The van der Waals surface area contributed by atoms with E-state index < -0.39 is 5.82 Å². The van der Waals surface area contributed by atoms with Crippen LogP contribution in [-0.4, -0.2) is 16.5 Å². The minimum atomic E-state index is -0.406. The van der Waals surface area contributed by atoms with Crippen LogP contribution in [0, 0.1) is 19.7 Å². The first-order chi connectivity index (χ1) is 9.61. The van der Waals surface area contributed by atoms with Gasteiger partial charge in [0, 0.05) is 6.54 Å². The maximum atomic E-state index is 13.7. The number of anilines is 1. The highest BCUT2D eigenvalue weighted by Crippen LogP contribution is 2.28. The Bertz CT molecular complexity index is 602. The molecule has 2 rings (SSSR count). The maximum absolute atomic E-state index is 13.7. The molecule has 0 bridgehead atoms. The topological polar surface area (TPSA) is 47.0 Å². The number of hydrogen-bond acceptors (Lipinski definition) is 4. The van der Waals surface area contributed by atoms with Gasteiger partial charge in [0.25, 0.3) is 0 Å².